The average Bonchev–Trinajstić information content (AvgIpc) is 2.73. The van der Waals surface area contributed by atoms with E-state index in [2.05, 4.69) is 10.3 Å². The van der Waals surface area contributed by atoms with Crippen molar-refractivity contribution in [3.63, 3.8) is 0 Å². The molecule has 3 nitrogen and oxygen atoms in total. The Kier molecular flexibility index (Phi) is 3.99. The Bertz CT molecular complexity index is 539. The van der Waals surface area contributed by atoms with Crippen LogP contribution in [0.2, 0.25) is 5.02 Å². The molecule has 96 valence electrons. The van der Waals surface area contributed by atoms with Gasteiger partial charge in [0.25, 0.3) is 0 Å². The first-order valence-electron chi connectivity index (χ1n) is 5.79. The second kappa shape index (κ2) is 5.50. The summed E-state index contributed by atoms with van der Waals surface area (Å²) in [4.78, 5) is 4.32. The fraction of sp³-hybridized carbons (Fsp3) is 0.308. The Morgan fingerprint density at radius 2 is 2.28 bits per heavy atom. The molecule has 2 rings (SSSR count). The SMILES string of the molecule is CCNC(c1ccc(F)cc1Cl)c1nccn1C. The van der Waals surface area contributed by atoms with E-state index < -0.39 is 0 Å². The lowest BCUT2D eigenvalue weighted by Crippen LogP contribution is -2.25. The third-order valence-corrected chi connectivity index (χ3v) is 3.13. The molecule has 1 atom stereocenters. The fourth-order valence-electron chi connectivity index (χ4n) is 1.94. The smallest absolute Gasteiger partial charge is 0.130 e. The van der Waals surface area contributed by atoms with Crippen molar-refractivity contribution in [3.05, 3.63) is 52.8 Å². The minimum Gasteiger partial charge on any atom is -0.336 e. The van der Waals surface area contributed by atoms with Crippen molar-refractivity contribution in [1.82, 2.24) is 14.9 Å². The predicted molar refractivity (Wildman–Crippen MR) is 70.1 cm³/mol. The summed E-state index contributed by atoms with van der Waals surface area (Å²) in [7, 11) is 1.92. The second-order valence-corrected chi connectivity index (χ2v) is 4.46. The fourth-order valence-corrected chi connectivity index (χ4v) is 2.21. The van der Waals surface area contributed by atoms with E-state index in [0.717, 1.165) is 17.9 Å². The highest BCUT2D eigenvalue weighted by Crippen LogP contribution is 2.27. The maximum atomic E-state index is 13.1. The summed E-state index contributed by atoms with van der Waals surface area (Å²) in [5, 5.41) is 3.72. The maximum Gasteiger partial charge on any atom is 0.130 e. The normalized spacial score (nSPS) is 12.7. The standard InChI is InChI=1S/C13H15ClFN3/c1-3-16-12(13-17-6-7-18(13)2)10-5-4-9(15)8-11(10)14/h4-8,12,16H,3H2,1-2H3. The number of halogens is 2. The van der Waals surface area contributed by atoms with Crippen molar-refractivity contribution in [2.24, 2.45) is 7.05 Å². The highest BCUT2D eigenvalue weighted by atomic mass is 35.5. The first kappa shape index (κ1) is 13.1. The zero-order valence-corrected chi connectivity index (χ0v) is 11.1. The molecule has 1 N–H and O–H groups in total. The molecule has 0 saturated heterocycles. The van der Waals surface area contributed by atoms with Gasteiger partial charge in [0.2, 0.25) is 0 Å². The van der Waals surface area contributed by atoms with Gasteiger partial charge in [-0.15, -0.1) is 0 Å². The average molecular weight is 268 g/mol. The summed E-state index contributed by atoms with van der Waals surface area (Å²) in [6.45, 7) is 2.78. The highest BCUT2D eigenvalue weighted by Gasteiger charge is 2.19. The Morgan fingerprint density at radius 3 is 2.83 bits per heavy atom. The number of aryl methyl sites for hydroxylation is 1. The summed E-state index contributed by atoms with van der Waals surface area (Å²) >= 11 is 6.11. The van der Waals surface area contributed by atoms with Gasteiger partial charge in [-0.1, -0.05) is 24.6 Å². The summed E-state index contributed by atoms with van der Waals surface area (Å²) in [5.74, 6) is 0.518. The van der Waals surface area contributed by atoms with E-state index in [1.165, 1.54) is 12.1 Å². The van der Waals surface area contributed by atoms with Crippen molar-refractivity contribution >= 4 is 11.6 Å². The Hall–Kier alpha value is -1.39. The van der Waals surface area contributed by atoms with Crippen molar-refractivity contribution < 1.29 is 4.39 Å². The summed E-state index contributed by atoms with van der Waals surface area (Å²) in [6, 6.07) is 4.29. The number of aromatic nitrogens is 2. The minimum absolute atomic E-state index is 0.136. The van der Waals surface area contributed by atoms with Crippen LogP contribution in [0.4, 0.5) is 4.39 Å². The van der Waals surface area contributed by atoms with Gasteiger partial charge < -0.3 is 9.88 Å². The van der Waals surface area contributed by atoms with E-state index in [0.29, 0.717) is 5.02 Å². The molecular weight excluding hydrogens is 253 g/mol. The quantitative estimate of drug-likeness (QED) is 0.923. The lowest BCUT2D eigenvalue weighted by Gasteiger charge is -2.19. The Labute approximate surface area is 111 Å². The van der Waals surface area contributed by atoms with Gasteiger partial charge in [-0.25, -0.2) is 9.37 Å². The zero-order chi connectivity index (χ0) is 13.1. The van der Waals surface area contributed by atoms with E-state index in [1.807, 2.05) is 24.7 Å². The monoisotopic (exact) mass is 267 g/mol. The molecule has 0 spiro atoms. The van der Waals surface area contributed by atoms with Gasteiger partial charge in [-0.2, -0.15) is 0 Å². The van der Waals surface area contributed by atoms with Crippen LogP contribution in [0, 0.1) is 5.82 Å². The summed E-state index contributed by atoms with van der Waals surface area (Å²) < 4.78 is 15.0. The zero-order valence-electron chi connectivity index (χ0n) is 10.3. The number of imidazole rings is 1. The topological polar surface area (TPSA) is 29.9 Å². The van der Waals surface area contributed by atoms with Crippen LogP contribution in [0.3, 0.4) is 0 Å². The number of nitrogens with one attached hydrogen (secondary N) is 1. The molecule has 0 aliphatic carbocycles. The molecule has 5 heteroatoms. The van der Waals surface area contributed by atoms with E-state index in [-0.39, 0.29) is 11.9 Å². The molecule has 18 heavy (non-hydrogen) atoms. The van der Waals surface area contributed by atoms with Crippen LogP contribution < -0.4 is 5.32 Å². The summed E-state index contributed by atoms with van der Waals surface area (Å²) in [6.07, 6.45) is 3.61. The lowest BCUT2D eigenvalue weighted by molar-refractivity contribution is 0.574. The molecule has 0 aliphatic heterocycles. The van der Waals surface area contributed by atoms with Crippen LogP contribution in [0.15, 0.2) is 30.6 Å². The largest absolute Gasteiger partial charge is 0.336 e. The van der Waals surface area contributed by atoms with E-state index in [4.69, 9.17) is 11.6 Å². The van der Waals surface area contributed by atoms with E-state index >= 15 is 0 Å². The predicted octanol–water partition coefficient (Wildman–Crippen LogP) is 2.91. The number of rotatable bonds is 4. The van der Waals surface area contributed by atoms with Crippen LogP contribution in [-0.2, 0) is 7.05 Å². The van der Waals surface area contributed by atoms with Crippen LogP contribution >= 0.6 is 11.6 Å². The molecule has 1 unspecified atom stereocenters. The van der Waals surface area contributed by atoms with Crippen molar-refractivity contribution in [3.8, 4) is 0 Å². The molecule has 0 saturated carbocycles. The number of hydrogen-bond donors (Lipinski definition) is 1. The van der Waals surface area contributed by atoms with Gasteiger partial charge in [0, 0.05) is 24.5 Å². The van der Waals surface area contributed by atoms with Gasteiger partial charge >= 0.3 is 0 Å². The minimum atomic E-state index is -0.334. The molecule has 1 aromatic carbocycles. The van der Waals surface area contributed by atoms with Gasteiger partial charge in [-0.05, 0) is 24.2 Å². The second-order valence-electron chi connectivity index (χ2n) is 4.05. The van der Waals surface area contributed by atoms with Crippen LogP contribution in [0.1, 0.15) is 24.4 Å². The molecule has 0 amide bonds. The van der Waals surface area contributed by atoms with Crippen molar-refractivity contribution in [2.75, 3.05) is 6.54 Å². The molecule has 1 aromatic heterocycles. The third-order valence-electron chi connectivity index (χ3n) is 2.80. The molecule has 1 heterocycles. The van der Waals surface area contributed by atoms with Gasteiger partial charge in [0.05, 0.1) is 6.04 Å². The molecular formula is C13H15ClFN3. The highest BCUT2D eigenvalue weighted by molar-refractivity contribution is 6.31. The van der Waals surface area contributed by atoms with Gasteiger partial charge in [0.15, 0.2) is 0 Å². The van der Waals surface area contributed by atoms with Crippen LogP contribution in [0.5, 0.6) is 0 Å². The van der Waals surface area contributed by atoms with Gasteiger partial charge in [-0.3, -0.25) is 0 Å². The Morgan fingerprint density at radius 1 is 1.50 bits per heavy atom. The third kappa shape index (κ3) is 2.54. The molecule has 0 bridgehead atoms. The van der Waals surface area contributed by atoms with E-state index in [9.17, 15) is 4.39 Å². The molecule has 0 aliphatic rings. The van der Waals surface area contributed by atoms with Crippen LogP contribution in [-0.4, -0.2) is 16.1 Å². The molecule has 0 fully saturated rings. The molecule has 0 radical (unpaired) electrons. The lowest BCUT2D eigenvalue weighted by atomic mass is 10.1. The number of nitrogens with zero attached hydrogens (tertiary/aromatic N) is 2. The number of hydrogen-bond acceptors (Lipinski definition) is 2. The first-order chi connectivity index (χ1) is 8.63. The Balaban J connectivity index is 2.45. The van der Waals surface area contributed by atoms with Gasteiger partial charge in [0.1, 0.15) is 11.6 Å². The van der Waals surface area contributed by atoms with Crippen molar-refractivity contribution in [2.45, 2.75) is 13.0 Å². The summed E-state index contributed by atoms with van der Waals surface area (Å²) in [5.41, 5.74) is 0.828. The number of benzene rings is 1. The van der Waals surface area contributed by atoms with E-state index in [1.54, 1.807) is 12.3 Å². The van der Waals surface area contributed by atoms with Crippen LogP contribution in [0.25, 0.3) is 0 Å². The maximum absolute atomic E-state index is 13.1. The van der Waals surface area contributed by atoms with Crippen molar-refractivity contribution in [1.29, 1.82) is 0 Å². The molecule has 2 aromatic rings. The first-order valence-corrected chi connectivity index (χ1v) is 6.16.